The zero-order valence-electron chi connectivity index (χ0n) is 7.12. The lowest BCUT2D eigenvalue weighted by Gasteiger charge is -2.19. The molecule has 2 N–H and O–H groups in total. The SMILES string of the molecule is C=Nc1cc2c(cc1N)OCCO2. The van der Waals surface area contributed by atoms with Crippen LogP contribution in [0.2, 0.25) is 0 Å². The molecule has 0 saturated carbocycles. The minimum absolute atomic E-state index is 0.555. The average molecular weight is 178 g/mol. The van der Waals surface area contributed by atoms with Crippen LogP contribution in [0, 0.1) is 0 Å². The van der Waals surface area contributed by atoms with E-state index in [1.165, 1.54) is 0 Å². The molecule has 1 aliphatic rings. The van der Waals surface area contributed by atoms with E-state index in [0.717, 1.165) is 0 Å². The molecule has 0 bridgehead atoms. The summed E-state index contributed by atoms with van der Waals surface area (Å²) < 4.78 is 10.7. The second-order valence-corrected chi connectivity index (χ2v) is 2.71. The first-order valence-corrected chi connectivity index (χ1v) is 3.97. The highest BCUT2D eigenvalue weighted by atomic mass is 16.6. The fourth-order valence-corrected chi connectivity index (χ4v) is 1.23. The van der Waals surface area contributed by atoms with Crippen molar-refractivity contribution >= 4 is 18.1 Å². The van der Waals surface area contributed by atoms with E-state index < -0.39 is 0 Å². The Hall–Kier alpha value is -1.71. The number of nitrogens with zero attached hydrogens (tertiary/aromatic N) is 1. The van der Waals surface area contributed by atoms with Crippen molar-refractivity contribution in [2.45, 2.75) is 0 Å². The van der Waals surface area contributed by atoms with Crippen LogP contribution < -0.4 is 15.2 Å². The highest BCUT2D eigenvalue weighted by Gasteiger charge is 2.13. The number of fused-ring (bicyclic) bond motifs is 1. The number of nitrogen functional groups attached to an aromatic ring is 1. The number of aliphatic imine (C=N–C) groups is 1. The van der Waals surface area contributed by atoms with Crippen molar-refractivity contribution in [3.63, 3.8) is 0 Å². The van der Waals surface area contributed by atoms with Crippen molar-refractivity contribution in [3.05, 3.63) is 12.1 Å². The first-order valence-electron chi connectivity index (χ1n) is 3.97. The topological polar surface area (TPSA) is 56.8 Å². The van der Waals surface area contributed by atoms with E-state index in [2.05, 4.69) is 11.7 Å². The van der Waals surface area contributed by atoms with Gasteiger partial charge in [0.2, 0.25) is 0 Å². The predicted molar refractivity (Wildman–Crippen MR) is 51.1 cm³/mol. The Morgan fingerprint density at radius 3 is 2.46 bits per heavy atom. The smallest absolute Gasteiger partial charge is 0.163 e. The lowest BCUT2D eigenvalue weighted by atomic mass is 10.2. The molecular weight excluding hydrogens is 168 g/mol. The maximum absolute atomic E-state index is 5.69. The minimum atomic E-state index is 0.555. The van der Waals surface area contributed by atoms with E-state index in [0.29, 0.717) is 36.1 Å². The summed E-state index contributed by atoms with van der Waals surface area (Å²) in [6.45, 7) is 4.54. The molecule has 13 heavy (non-hydrogen) atoms. The molecule has 0 radical (unpaired) electrons. The molecule has 0 unspecified atom stereocenters. The van der Waals surface area contributed by atoms with E-state index >= 15 is 0 Å². The maximum atomic E-state index is 5.69. The Balaban J connectivity index is 2.50. The molecule has 0 aliphatic carbocycles. The number of anilines is 1. The van der Waals surface area contributed by atoms with Crippen LogP contribution >= 0.6 is 0 Å². The van der Waals surface area contributed by atoms with Gasteiger partial charge in [-0.1, -0.05) is 0 Å². The number of benzene rings is 1. The van der Waals surface area contributed by atoms with Crippen LogP contribution in [0.4, 0.5) is 11.4 Å². The van der Waals surface area contributed by atoms with Crippen molar-refractivity contribution in [3.8, 4) is 11.5 Å². The van der Waals surface area contributed by atoms with E-state index in [4.69, 9.17) is 15.2 Å². The largest absolute Gasteiger partial charge is 0.486 e. The Bertz CT molecular complexity index is 350. The molecule has 4 nitrogen and oxygen atoms in total. The number of rotatable bonds is 1. The molecule has 1 heterocycles. The number of nitrogens with two attached hydrogens (primary N) is 1. The Morgan fingerprint density at radius 1 is 1.23 bits per heavy atom. The first kappa shape index (κ1) is 7.91. The van der Waals surface area contributed by atoms with Crippen molar-refractivity contribution in [1.29, 1.82) is 0 Å². The summed E-state index contributed by atoms with van der Waals surface area (Å²) in [5, 5.41) is 0. The van der Waals surface area contributed by atoms with Gasteiger partial charge in [0.15, 0.2) is 11.5 Å². The lowest BCUT2D eigenvalue weighted by molar-refractivity contribution is 0.172. The van der Waals surface area contributed by atoms with Crippen LogP contribution in [-0.4, -0.2) is 19.9 Å². The van der Waals surface area contributed by atoms with Crippen LogP contribution in [0.3, 0.4) is 0 Å². The van der Waals surface area contributed by atoms with Gasteiger partial charge in [-0.05, 0) is 6.72 Å². The van der Waals surface area contributed by atoms with Gasteiger partial charge in [0.25, 0.3) is 0 Å². The summed E-state index contributed by atoms with van der Waals surface area (Å²) in [6, 6.07) is 3.44. The maximum Gasteiger partial charge on any atom is 0.163 e. The Morgan fingerprint density at radius 2 is 1.85 bits per heavy atom. The van der Waals surface area contributed by atoms with Crippen molar-refractivity contribution in [2.24, 2.45) is 4.99 Å². The van der Waals surface area contributed by atoms with Crippen molar-refractivity contribution < 1.29 is 9.47 Å². The molecule has 0 spiro atoms. The Labute approximate surface area is 76.0 Å². The van der Waals surface area contributed by atoms with Crippen LogP contribution in [0.1, 0.15) is 0 Å². The highest BCUT2D eigenvalue weighted by molar-refractivity contribution is 5.71. The standard InChI is InChI=1S/C9H10N2O2/c1-11-7-5-9-8(4-6(7)10)12-2-3-13-9/h4-5H,1-3,10H2. The second kappa shape index (κ2) is 2.97. The normalized spacial score (nSPS) is 13.8. The van der Waals surface area contributed by atoms with E-state index in [-0.39, 0.29) is 0 Å². The first-order chi connectivity index (χ1) is 6.31. The van der Waals surface area contributed by atoms with Gasteiger partial charge >= 0.3 is 0 Å². The fourth-order valence-electron chi connectivity index (χ4n) is 1.23. The molecule has 68 valence electrons. The fraction of sp³-hybridized carbons (Fsp3) is 0.222. The second-order valence-electron chi connectivity index (χ2n) is 2.71. The lowest BCUT2D eigenvalue weighted by Crippen LogP contribution is -2.15. The molecule has 0 fully saturated rings. The van der Waals surface area contributed by atoms with Gasteiger partial charge in [0, 0.05) is 12.1 Å². The molecule has 2 rings (SSSR count). The van der Waals surface area contributed by atoms with Crippen LogP contribution in [-0.2, 0) is 0 Å². The van der Waals surface area contributed by atoms with Crippen molar-refractivity contribution in [2.75, 3.05) is 18.9 Å². The zero-order chi connectivity index (χ0) is 9.26. The van der Waals surface area contributed by atoms with E-state index in [9.17, 15) is 0 Å². The predicted octanol–water partition coefficient (Wildman–Crippen LogP) is 1.37. The van der Waals surface area contributed by atoms with Gasteiger partial charge in [-0.25, -0.2) is 0 Å². The third-order valence-electron chi connectivity index (χ3n) is 1.86. The van der Waals surface area contributed by atoms with Crippen LogP contribution in [0.5, 0.6) is 11.5 Å². The average Bonchev–Trinajstić information content (AvgIpc) is 2.17. The zero-order valence-corrected chi connectivity index (χ0v) is 7.12. The number of hydrogen-bond donors (Lipinski definition) is 1. The van der Waals surface area contributed by atoms with Crippen LogP contribution in [0.15, 0.2) is 17.1 Å². The third-order valence-corrected chi connectivity index (χ3v) is 1.86. The third kappa shape index (κ3) is 1.30. The molecular formula is C9H10N2O2. The molecule has 4 heteroatoms. The summed E-state index contributed by atoms with van der Waals surface area (Å²) in [7, 11) is 0. The quantitative estimate of drug-likeness (QED) is 0.522. The van der Waals surface area contributed by atoms with Crippen molar-refractivity contribution in [1.82, 2.24) is 0 Å². The molecule has 0 saturated heterocycles. The summed E-state index contributed by atoms with van der Waals surface area (Å²) in [5.41, 5.74) is 6.87. The summed E-state index contributed by atoms with van der Waals surface area (Å²) >= 11 is 0. The van der Waals surface area contributed by atoms with Gasteiger partial charge in [-0.2, -0.15) is 0 Å². The summed E-state index contributed by atoms with van der Waals surface area (Å²) in [6.07, 6.45) is 0. The van der Waals surface area contributed by atoms with Gasteiger partial charge in [0.05, 0.1) is 11.4 Å². The van der Waals surface area contributed by atoms with Gasteiger partial charge in [-0.15, -0.1) is 0 Å². The summed E-state index contributed by atoms with van der Waals surface area (Å²) in [5.74, 6) is 1.36. The summed E-state index contributed by atoms with van der Waals surface area (Å²) in [4.78, 5) is 3.77. The van der Waals surface area contributed by atoms with E-state index in [1.54, 1.807) is 12.1 Å². The van der Waals surface area contributed by atoms with E-state index in [1.807, 2.05) is 0 Å². The molecule has 1 aliphatic heterocycles. The number of hydrogen-bond acceptors (Lipinski definition) is 4. The monoisotopic (exact) mass is 178 g/mol. The van der Waals surface area contributed by atoms with Gasteiger partial charge < -0.3 is 15.2 Å². The molecule has 1 aromatic carbocycles. The van der Waals surface area contributed by atoms with Crippen LogP contribution in [0.25, 0.3) is 0 Å². The molecule has 0 atom stereocenters. The van der Waals surface area contributed by atoms with Gasteiger partial charge in [-0.3, -0.25) is 4.99 Å². The number of ether oxygens (including phenoxy) is 2. The Kier molecular flexibility index (Phi) is 1.81. The van der Waals surface area contributed by atoms with Gasteiger partial charge in [0.1, 0.15) is 13.2 Å². The minimum Gasteiger partial charge on any atom is -0.486 e. The molecule has 0 aromatic heterocycles. The highest BCUT2D eigenvalue weighted by Crippen LogP contribution is 2.37. The molecule has 0 amide bonds. The molecule has 1 aromatic rings.